The molecular weight excluding hydrogens is 150 g/mol. The predicted molar refractivity (Wildman–Crippen MR) is 52.8 cm³/mol. The van der Waals surface area contributed by atoms with Crippen LogP contribution in [-0.4, -0.2) is 0 Å². The van der Waals surface area contributed by atoms with Crippen LogP contribution in [0.5, 0.6) is 0 Å². The lowest BCUT2D eigenvalue weighted by molar-refractivity contribution is 0.339. The van der Waals surface area contributed by atoms with Gasteiger partial charge in [-0.05, 0) is 12.3 Å². The summed E-state index contributed by atoms with van der Waals surface area (Å²) in [5.41, 5.74) is 9.12. The molecule has 0 radical (unpaired) electrons. The third-order valence-electron chi connectivity index (χ3n) is 1.94. The zero-order chi connectivity index (χ0) is 9.78. The topological polar surface area (TPSA) is 64.1 Å². The fourth-order valence-corrected chi connectivity index (χ4v) is 1.42. The van der Waals surface area contributed by atoms with Crippen molar-refractivity contribution < 1.29 is 0 Å². The second-order valence-corrected chi connectivity index (χ2v) is 4.25. The highest BCUT2D eigenvalue weighted by Gasteiger charge is 2.22. The normalized spacial score (nSPS) is 13.7. The third-order valence-corrected chi connectivity index (χ3v) is 1.94. The Morgan fingerprint density at radius 2 is 2.00 bits per heavy atom. The van der Waals surface area contributed by atoms with E-state index in [4.69, 9.17) is 11.6 Å². The van der Waals surface area contributed by atoms with Gasteiger partial charge in [0, 0.05) is 17.3 Å². The molecule has 72 valence electrons. The molecule has 0 saturated carbocycles. The standard InChI is InChI=1S/C9H21N3/c1-7(2)5-9(3,4)8(10)6-12-11/h6-7,12H,5,10-11H2,1-4H3/b8-6-. The van der Waals surface area contributed by atoms with Gasteiger partial charge >= 0.3 is 0 Å². The van der Waals surface area contributed by atoms with E-state index in [0.29, 0.717) is 5.92 Å². The molecule has 0 aliphatic carbocycles. The minimum Gasteiger partial charge on any atom is -0.400 e. The van der Waals surface area contributed by atoms with Crippen LogP contribution < -0.4 is 17.0 Å². The molecule has 12 heavy (non-hydrogen) atoms. The largest absolute Gasteiger partial charge is 0.400 e. The first-order valence-electron chi connectivity index (χ1n) is 4.32. The summed E-state index contributed by atoms with van der Waals surface area (Å²) in [6.07, 6.45) is 2.72. The van der Waals surface area contributed by atoms with Gasteiger partial charge in [-0.1, -0.05) is 27.7 Å². The predicted octanol–water partition coefficient (Wildman–Crippen LogP) is 1.32. The fraction of sp³-hybridized carbons (Fsp3) is 0.778. The summed E-state index contributed by atoms with van der Waals surface area (Å²) in [6, 6.07) is 0. The van der Waals surface area contributed by atoms with E-state index < -0.39 is 0 Å². The number of nitrogens with two attached hydrogens (primary N) is 2. The number of allylic oxidation sites excluding steroid dienone is 1. The van der Waals surface area contributed by atoms with Crippen molar-refractivity contribution in [3.8, 4) is 0 Å². The lowest BCUT2D eigenvalue weighted by Crippen LogP contribution is -2.27. The van der Waals surface area contributed by atoms with Crippen molar-refractivity contribution >= 4 is 0 Å². The van der Waals surface area contributed by atoms with E-state index in [0.717, 1.165) is 12.1 Å². The maximum atomic E-state index is 5.83. The Bertz CT molecular complexity index is 159. The van der Waals surface area contributed by atoms with E-state index in [1.807, 2.05) is 0 Å². The molecule has 0 aliphatic rings. The van der Waals surface area contributed by atoms with Crippen molar-refractivity contribution in [1.29, 1.82) is 0 Å². The van der Waals surface area contributed by atoms with Crippen LogP contribution >= 0.6 is 0 Å². The van der Waals surface area contributed by atoms with Gasteiger partial charge in [-0.25, -0.2) is 0 Å². The lowest BCUT2D eigenvalue weighted by Gasteiger charge is -2.27. The Labute approximate surface area is 75.2 Å². The molecule has 0 atom stereocenters. The van der Waals surface area contributed by atoms with Crippen LogP contribution in [0.1, 0.15) is 34.1 Å². The van der Waals surface area contributed by atoms with Crippen molar-refractivity contribution in [2.45, 2.75) is 34.1 Å². The summed E-state index contributed by atoms with van der Waals surface area (Å²) in [7, 11) is 0. The zero-order valence-corrected chi connectivity index (χ0v) is 8.52. The molecular formula is C9H21N3. The second kappa shape index (κ2) is 4.36. The second-order valence-electron chi connectivity index (χ2n) is 4.25. The number of rotatable bonds is 4. The molecule has 0 amide bonds. The molecule has 0 spiro atoms. The van der Waals surface area contributed by atoms with E-state index in [1.54, 1.807) is 6.20 Å². The molecule has 0 bridgehead atoms. The Morgan fingerprint density at radius 3 is 2.33 bits per heavy atom. The zero-order valence-electron chi connectivity index (χ0n) is 8.52. The molecule has 0 rings (SSSR count). The fourth-order valence-electron chi connectivity index (χ4n) is 1.42. The molecule has 5 N–H and O–H groups in total. The van der Waals surface area contributed by atoms with Crippen LogP contribution in [0.4, 0.5) is 0 Å². The van der Waals surface area contributed by atoms with Gasteiger partial charge in [0.15, 0.2) is 0 Å². The van der Waals surface area contributed by atoms with Crippen molar-refractivity contribution in [2.24, 2.45) is 22.9 Å². The first-order chi connectivity index (χ1) is 5.40. The van der Waals surface area contributed by atoms with Crippen molar-refractivity contribution in [3.05, 3.63) is 11.9 Å². The summed E-state index contributed by atoms with van der Waals surface area (Å²) in [6.45, 7) is 8.61. The quantitative estimate of drug-likeness (QED) is 0.441. The van der Waals surface area contributed by atoms with Gasteiger partial charge in [-0.15, -0.1) is 0 Å². The molecule has 0 aliphatic heterocycles. The van der Waals surface area contributed by atoms with Crippen molar-refractivity contribution in [1.82, 2.24) is 5.43 Å². The third kappa shape index (κ3) is 3.62. The number of hydrogen-bond acceptors (Lipinski definition) is 3. The van der Waals surface area contributed by atoms with Crippen LogP contribution in [0.25, 0.3) is 0 Å². The highest BCUT2D eigenvalue weighted by molar-refractivity contribution is 5.06. The van der Waals surface area contributed by atoms with Crippen molar-refractivity contribution in [3.63, 3.8) is 0 Å². The SMILES string of the molecule is CC(C)CC(C)(C)/C(N)=C/NN. The molecule has 0 aromatic heterocycles. The summed E-state index contributed by atoms with van der Waals surface area (Å²) in [5, 5.41) is 0. The summed E-state index contributed by atoms with van der Waals surface area (Å²) in [4.78, 5) is 0. The van der Waals surface area contributed by atoms with Gasteiger partial charge in [0.05, 0.1) is 0 Å². The number of nitrogens with one attached hydrogen (secondary N) is 1. The minimum absolute atomic E-state index is 0.0283. The van der Waals surface area contributed by atoms with Crippen molar-refractivity contribution in [2.75, 3.05) is 0 Å². The average molecular weight is 171 g/mol. The minimum atomic E-state index is 0.0283. The van der Waals surface area contributed by atoms with Crippen LogP contribution in [-0.2, 0) is 0 Å². The Hall–Kier alpha value is -0.700. The van der Waals surface area contributed by atoms with E-state index >= 15 is 0 Å². The molecule has 3 nitrogen and oxygen atoms in total. The van der Waals surface area contributed by atoms with Crippen LogP contribution in [0.3, 0.4) is 0 Å². The number of hydrazine groups is 1. The highest BCUT2D eigenvalue weighted by Crippen LogP contribution is 2.29. The van der Waals surface area contributed by atoms with Gasteiger partial charge in [0.1, 0.15) is 0 Å². The van der Waals surface area contributed by atoms with Crippen LogP contribution in [0.15, 0.2) is 11.9 Å². The van der Waals surface area contributed by atoms with Gasteiger partial charge in [-0.3, -0.25) is 5.84 Å². The average Bonchev–Trinajstić information content (AvgIpc) is 1.85. The van der Waals surface area contributed by atoms with Gasteiger partial charge in [0.25, 0.3) is 0 Å². The van der Waals surface area contributed by atoms with E-state index in [2.05, 4.69) is 33.1 Å². The lowest BCUT2D eigenvalue weighted by atomic mass is 9.81. The Morgan fingerprint density at radius 1 is 1.50 bits per heavy atom. The van der Waals surface area contributed by atoms with Crippen LogP contribution in [0.2, 0.25) is 0 Å². The van der Waals surface area contributed by atoms with Gasteiger partial charge in [-0.2, -0.15) is 0 Å². The molecule has 0 aromatic carbocycles. The molecule has 0 unspecified atom stereocenters. The summed E-state index contributed by atoms with van der Waals surface area (Å²) in [5.74, 6) is 5.79. The van der Waals surface area contributed by atoms with E-state index in [-0.39, 0.29) is 5.41 Å². The first kappa shape index (κ1) is 11.3. The van der Waals surface area contributed by atoms with E-state index in [1.165, 1.54) is 0 Å². The number of hydrogen-bond donors (Lipinski definition) is 3. The van der Waals surface area contributed by atoms with Gasteiger partial charge in [0.2, 0.25) is 0 Å². The smallest absolute Gasteiger partial charge is 0.0316 e. The Kier molecular flexibility index (Phi) is 4.10. The Balaban J connectivity index is 4.28. The molecule has 0 heterocycles. The molecule has 0 aromatic rings. The molecule has 0 saturated heterocycles. The maximum absolute atomic E-state index is 5.83. The van der Waals surface area contributed by atoms with Crippen LogP contribution in [0, 0.1) is 11.3 Å². The highest BCUT2D eigenvalue weighted by atomic mass is 15.2. The molecule has 3 heteroatoms. The monoisotopic (exact) mass is 171 g/mol. The first-order valence-corrected chi connectivity index (χ1v) is 4.32. The molecule has 0 fully saturated rings. The van der Waals surface area contributed by atoms with Gasteiger partial charge < -0.3 is 11.2 Å². The van der Waals surface area contributed by atoms with E-state index in [9.17, 15) is 0 Å². The maximum Gasteiger partial charge on any atom is 0.0316 e. The summed E-state index contributed by atoms with van der Waals surface area (Å²) < 4.78 is 0. The summed E-state index contributed by atoms with van der Waals surface area (Å²) >= 11 is 0.